The van der Waals surface area contributed by atoms with Gasteiger partial charge in [-0.15, -0.1) is 0 Å². The second-order valence-electron chi connectivity index (χ2n) is 10.8. The van der Waals surface area contributed by atoms with E-state index in [1.165, 1.54) is 0 Å². The average Bonchev–Trinajstić information content (AvgIpc) is 3.62. The van der Waals surface area contributed by atoms with Crippen LogP contribution in [0.2, 0.25) is 0 Å². The molecule has 3 N–H and O–H groups in total. The van der Waals surface area contributed by atoms with Gasteiger partial charge in [-0.3, -0.25) is 20.4 Å². The normalized spacial score (nSPS) is 28.0. The average molecular weight is 505 g/mol. The molecular weight excluding hydrogens is 472 g/mol. The van der Waals surface area contributed by atoms with Gasteiger partial charge in [0.2, 0.25) is 12.7 Å². The first-order valence-electron chi connectivity index (χ1n) is 13.0. The van der Waals surface area contributed by atoms with Gasteiger partial charge >= 0.3 is 6.09 Å². The van der Waals surface area contributed by atoms with Gasteiger partial charge in [-0.1, -0.05) is 44.2 Å². The lowest BCUT2D eigenvalue weighted by Crippen LogP contribution is -2.44. The van der Waals surface area contributed by atoms with E-state index in [0.29, 0.717) is 24.1 Å². The molecule has 5 unspecified atom stereocenters. The number of rotatable bonds is 5. The predicted molar refractivity (Wildman–Crippen MR) is 136 cm³/mol. The third kappa shape index (κ3) is 3.92. The lowest BCUT2D eigenvalue weighted by Gasteiger charge is -2.35. The maximum atomic E-state index is 14.2. The topological polar surface area (TPSA) is 115 Å². The van der Waals surface area contributed by atoms with Crippen molar-refractivity contribution in [1.29, 1.82) is 5.41 Å². The van der Waals surface area contributed by atoms with Crippen LogP contribution in [0, 0.1) is 23.2 Å². The zero-order valence-electron chi connectivity index (χ0n) is 21.0. The fourth-order valence-corrected chi connectivity index (χ4v) is 7.16. The molecule has 2 amide bonds. The number of ether oxygens (including phenoxy) is 2. The predicted octanol–water partition coefficient (Wildman–Crippen LogP) is 3.83. The largest absolute Gasteiger partial charge is 0.465 e. The minimum Gasteiger partial charge on any atom is -0.465 e. The van der Waals surface area contributed by atoms with Crippen LogP contribution in [0.1, 0.15) is 49.4 Å². The van der Waals surface area contributed by atoms with Crippen LogP contribution >= 0.6 is 0 Å². The molecule has 2 aromatic carbocycles. The standard InChI is InChI=1S/C28H32N4O5/c1-15(2)24-22-19-4-3-11-31(19)25(17-6-8-18(9-7-17)26(29)30-28(34)35)23(22)27(33)32(24)13-16-5-10-20-21(12-16)37-14-36-20/h5-10,12,15,19,22-25H,3-4,11,13-14H2,1-2H3,(H2,29,30)(H,34,35). The van der Waals surface area contributed by atoms with Crippen LogP contribution in [0.15, 0.2) is 42.5 Å². The highest BCUT2D eigenvalue weighted by atomic mass is 16.7. The van der Waals surface area contributed by atoms with Crippen molar-refractivity contribution in [2.45, 2.75) is 51.4 Å². The van der Waals surface area contributed by atoms with Crippen LogP contribution in [-0.2, 0) is 11.3 Å². The van der Waals surface area contributed by atoms with Crippen molar-refractivity contribution < 1.29 is 24.2 Å². The Morgan fingerprint density at radius 1 is 1.16 bits per heavy atom. The van der Waals surface area contributed by atoms with Crippen molar-refractivity contribution in [3.63, 3.8) is 0 Å². The molecule has 4 heterocycles. The SMILES string of the molecule is CC(C)C1C2C(C(=O)N1Cc1ccc3c(c1)OCO3)C(c1ccc(C(=N)NC(=O)O)cc1)N1CCCC21. The smallest absolute Gasteiger partial charge is 0.410 e. The van der Waals surface area contributed by atoms with Gasteiger partial charge < -0.3 is 19.5 Å². The molecule has 3 fully saturated rings. The maximum absolute atomic E-state index is 14.2. The molecule has 5 atom stereocenters. The fraction of sp³-hybridized carbons (Fsp3) is 0.464. The number of likely N-dealkylation sites (tertiary alicyclic amines) is 1. The Labute approximate surface area is 215 Å². The zero-order chi connectivity index (χ0) is 25.8. The van der Waals surface area contributed by atoms with E-state index in [1.807, 2.05) is 30.3 Å². The summed E-state index contributed by atoms with van der Waals surface area (Å²) in [6.45, 7) is 6.18. The number of hydrogen-bond acceptors (Lipinski definition) is 6. The molecule has 194 valence electrons. The van der Waals surface area contributed by atoms with Gasteiger partial charge in [0.15, 0.2) is 11.5 Å². The van der Waals surface area contributed by atoms with Gasteiger partial charge in [-0.2, -0.15) is 0 Å². The van der Waals surface area contributed by atoms with Gasteiger partial charge in [0.25, 0.3) is 0 Å². The highest BCUT2D eigenvalue weighted by Gasteiger charge is 2.62. The number of amides is 2. The molecule has 9 nitrogen and oxygen atoms in total. The second-order valence-corrected chi connectivity index (χ2v) is 10.8. The first-order valence-corrected chi connectivity index (χ1v) is 13.0. The molecule has 0 saturated carbocycles. The summed E-state index contributed by atoms with van der Waals surface area (Å²) in [6.07, 6.45) is 0.958. The van der Waals surface area contributed by atoms with E-state index in [9.17, 15) is 9.59 Å². The second kappa shape index (κ2) is 9.06. The summed E-state index contributed by atoms with van der Waals surface area (Å²) in [5.41, 5.74) is 2.59. The summed E-state index contributed by atoms with van der Waals surface area (Å²) in [5, 5.41) is 19.0. The van der Waals surface area contributed by atoms with Crippen molar-refractivity contribution in [1.82, 2.24) is 15.1 Å². The van der Waals surface area contributed by atoms with Gasteiger partial charge in [-0.25, -0.2) is 4.79 Å². The molecule has 3 saturated heterocycles. The monoisotopic (exact) mass is 504 g/mol. The van der Waals surface area contributed by atoms with E-state index in [0.717, 1.165) is 42.0 Å². The third-order valence-electron chi connectivity index (χ3n) is 8.47. The number of amidine groups is 1. The zero-order valence-corrected chi connectivity index (χ0v) is 21.0. The number of benzene rings is 2. The third-order valence-corrected chi connectivity index (χ3v) is 8.47. The van der Waals surface area contributed by atoms with Crippen molar-refractivity contribution in [3.8, 4) is 11.5 Å². The summed E-state index contributed by atoms with van der Waals surface area (Å²) in [6, 6.07) is 13.9. The van der Waals surface area contributed by atoms with Crippen LogP contribution < -0.4 is 14.8 Å². The summed E-state index contributed by atoms with van der Waals surface area (Å²) >= 11 is 0. The highest BCUT2D eigenvalue weighted by molar-refractivity contribution is 6.04. The van der Waals surface area contributed by atoms with E-state index < -0.39 is 6.09 Å². The molecule has 0 aliphatic carbocycles. The Hall–Kier alpha value is -3.59. The first kappa shape index (κ1) is 23.8. The molecule has 0 spiro atoms. The maximum Gasteiger partial charge on any atom is 0.410 e. The van der Waals surface area contributed by atoms with E-state index in [4.69, 9.17) is 20.0 Å². The quantitative estimate of drug-likeness (QED) is 0.421. The Bertz CT molecular complexity index is 1250. The summed E-state index contributed by atoms with van der Waals surface area (Å²) < 4.78 is 11.0. The van der Waals surface area contributed by atoms with Gasteiger partial charge in [-0.05, 0) is 48.6 Å². The summed E-state index contributed by atoms with van der Waals surface area (Å²) in [4.78, 5) is 29.7. The number of hydrogen-bond donors (Lipinski definition) is 3. The molecule has 0 radical (unpaired) electrons. The van der Waals surface area contributed by atoms with Crippen molar-refractivity contribution in [2.75, 3.05) is 13.3 Å². The molecule has 0 aromatic heterocycles. The fourth-order valence-electron chi connectivity index (χ4n) is 7.16. The Morgan fingerprint density at radius 3 is 2.65 bits per heavy atom. The molecule has 6 rings (SSSR count). The Balaban J connectivity index is 1.32. The Morgan fingerprint density at radius 2 is 1.92 bits per heavy atom. The van der Waals surface area contributed by atoms with Gasteiger partial charge in [0, 0.05) is 36.2 Å². The number of carbonyl (C=O) groups is 2. The van der Waals surface area contributed by atoms with Crippen molar-refractivity contribution >= 4 is 17.8 Å². The number of nitrogens with one attached hydrogen (secondary N) is 2. The van der Waals surface area contributed by atoms with E-state index >= 15 is 0 Å². The van der Waals surface area contributed by atoms with Gasteiger partial charge in [0.05, 0.1) is 5.92 Å². The molecule has 37 heavy (non-hydrogen) atoms. The number of fused-ring (bicyclic) bond motifs is 4. The minimum absolute atomic E-state index is 0.0244. The molecule has 9 heteroatoms. The van der Waals surface area contributed by atoms with Crippen molar-refractivity contribution in [3.05, 3.63) is 59.2 Å². The number of carbonyl (C=O) groups excluding carboxylic acids is 1. The minimum atomic E-state index is -1.26. The lowest BCUT2D eigenvalue weighted by atomic mass is 9.79. The molecular formula is C28H32N4O5. The van der Waals surface area contributed by atoms with Gasteiger partial charge in [0.1, 0.15) is 5.84 Å². The summed E-state index contributed by atoms with van der Waals surface area (Å²) in [5.74, 6) is 1.95. The van der Waals surface area contributed by atoms with E-state index in [2.05, 4.69) is 29.0 Å². The molecule has 2 aromatic rings. The van der Waals surface area contributed by atoms with Crippen LogP contribution in [0.4, 0.5) is 4.79 Å². The van der Waals surface area contributed by atoms with Crippen LogP contribution in [0.5, 0.6) is 11.5 Å². The van der Waals surface area contributed by atoms with E-state index in [1.54, 1.807) is 12.1 Å². The molecule has 4 aliphatic heterocycles. The lowest BCUT2D eigenvalue weighted by molar-refractivity contribution is -0.134. The number of carboxylic acid groups (broad SMARTS) is 1. The Kier molecular flexibility index (Phi) is 5.82. The van der Waals surface area contributed by atoms with Crippen LogP contribution in [0.25, 0.3) is 0 Å². The van der Waals surface area contributed by atoms with Crippen LogP contribution in [-0.4, -0.2) is 58.2 Å². The highest BCUT2D eigenvalue weighted by Crippen LogP contribution is 2.56. The first-order chi connectivity index (χ1) is 17.8. The van der Waals surface area contributed by atoms with E-state index in [-0.39, 0.29) is 42.5 Å². The summed E-state index contributed by atoms with van der Waals surface area (Å²) in [7, 11) is 0. The van der Waals surface area contributed by atoms with Crippen molar-refractivity contribution in [2.24, 2.45) is 17.8 Å². The molecule has 4 aliphatic rings. The number of nitrogens with zero attached hydrogens (tertiary/aromatic N) is 2. The van der Waals surface area contributed by atoms with Crippen LogP contribution in [0.3, 0.4) is 0 Å². The molecule has 0 bridgehead atoms.